The Bertz CT molecular complexity index is 2150. The molecule has 5 heteroatoms. The van der Waals surface area contributed by atoms with Gasteiger partial charge in [0.15, 0.2) is 5.65 Å². The van der Waals surface area contributed by atoms with Crippen LogP contribution in [0.3, 0.4) is 0 Å². The molecule has 5 nitrogen and oxygen atoms in total. The van der Waals surface area contributed by atoms with Gasteiger partial charge in [-0.2, -0.15) is 0 Å². The predicted molar refractivity (Wildman–Crippen MR) is 172 cm³/mol. The van der Waals surface area contributed by atoms with Crippen LogP contribution < -0.4 is 0 Å². The second-order valence-electron chi connectivity index (χ2n) is 12.1. The summed E-state index contributed by atoms with van der Waals surface area (Å²) in [5, 5.41) is 10.7. The zero-order valence-corrected chi connectivity index (χ0v) is 24.5. The number of para-hydroxylation sites is 2. The first kappa shape index (κ1) is 25.9. The molecular formula is C37H32N4O. The Kier molecular flexibility index (Phi) is 5.87. The number of aromatic nitrogens is 4. The first-order chi connectivity index (χ1) is 20.2. The normalized spacial score (nSPS) is 12.0. The maximum absolute atomic E-state index is 10.7. The van der Waals surface area contributed by atoms with Gasteiger partial charge in [0.25, 0.3) is 0 Å². The lowest BCUT2D eigenvalue weighted by Crippen LogP contribution is -2.11. The molecule has 0 saturated carbocycles. The van der Waals surface area contributed by atoms with E-state index in [-0.39, 0.29) is 11.2 Å². The van der Waals surface area contributed by atoms with E-state index in [1.165, 1.54) is 5.56 Å². The number of rotatable bonds is 3. The van der Waals surface area contributed by atoms with Crippen LogP contribution in [0.25, 0.3) is 61.4 Å². The molecule has 0 amide bonds. The summed E-state index contributed by atoms with van der Waals surface area (Å²) in [6.45, 7) is 10.9. The van der Waals surface area contributed by atoms with Crippen molar-refractivity contribution in [2.45, 2.75) is 40.0 Å². The molecule has 0 saturated heterocycles. The quantitative estimate of drug-likeness (QED) is 0.239. The van der Waals surface area contributed by atoms with E-state index in [2.05, 4.69) is 93.6 Å². The molecule has 0 radical (unpaired) electrons. The summed E-state index contributed by atoms with van der Waals surface area (Å²) in [4.78, 5) is 15.2. The van der Waals surface area contributed by atoms with E-state index < -0.39 is 0 Å². The molecule has 3 heterocycles. The zero-order valence-electron chi connectivity index (χ0n) is 24.5. The van der Waals surface area contributed by atoms with Crippen LogP contribution in [0.2, 0.25) is 0 Å². The summed E-state index contributed by atoms with van der Waals surface area (Å²) < 4.78 is 2.17. The third-order valence-electron chi connectivity index (χ3n) is 8.15. The number of aryl methyl sites for hydroxylation is 2. The Morgan fingerprint density at radius 2 is 1.38 bits per heavy atom. The van der Waals surface area contributed by atoms with Gasteiger partial charge in [0.05, 0.1) is 16.6 Å². The molecule has 7 aromatic rings. The van der Waals surface area contributed by atoms with E-state index in [0.29, 0.717) is 0 Å². The maximum atomic E-state index is 10.7. The van der Waals surface area contributed by atoms with Gasteiger partial charge in [0, 0.05) is 22.9 Å². The molecule has 3 aromatic heterocycles. The van der Waals surface area contributed by atoms with Crippen LogP contribution in [-0.2, 0) is 5.41 Å². The Balaban J connectivity index is 1.58. The van der Waals surface area contributed by atoms with E-state index in [0.717, 1.165) is 72.5 Å². The zero-order chi connectivity index (χ0) is 29.2. The number of aromatic hydroxyl groups is 1. The van der Waals surface area contributed by atoms with Gasteiger partial charge in [-0.3, -0.25) is 9.38 Å². The van der Waals surface area contributed by atoms with E-state index in [9.17, 15) is 5.11 Å². The van der Waals surface area contributed by atoms with Gasteiger partial charge < -0.3 is 5.11 Å². The summed E-state index contributed by atoms with van der Waals surface area (Å²) in [6, 6.07) is 30.7. The molecule has 7 rings (SSSR count). The SMILES string of the molecule is Cc1cccc(C)c1-c1nc2cccnc2c2nc3c(-c4cc(-c5ccccc5O)cc(C(C)(C)C)c4)cccc3n12. The minimum absolute atomic E-state index is 0.0957. The average molecular weight is 549 g/mol. The van der Waals surface area contributed by atoms with Crippen molar-refractivity contribution >= 4 is 27.7 Å². The van der Waals surface area contributed by atoms with Crippen LogP contribution in [-0.4, -0.2) is 24.5 Å². The lowest BCUT2D eigenvalue weighted by molar-refractivity contribution is 0.477. The molecule has 206 valence electrons. The minimum atomic E-state index is -0.0957. The molecule has 4 aromatic carbocycles. The van der Waals surface area contributed by atoms with Crippen LogP contribution in [0.15, 0.2) is 97.2 Å². The third-order valence-corrected chi connectivity index (χ3v) is 8.15. The summed E-state index contributed by atoms with van der Waals surface area (Å²) in [7, 11) is 0. The van der Waals surface area contributed by atoms with Gasteiger partial charge in [0.2, 0.25) is 0 Å². The van der Waals surface area contributed by atoms with Crippen molar-refractivity contribution in [3.63, 3.8) is 0 Å². The van der Waals surface area contributed by atoms with Gasteiger partial charge in [-0.15, -0.1) is 0 Å². The van der Waals surface area contributed by atoms with Crippen molar-refractivity contribution in [3.05, 3.63) is 114 Å². The van der Waals surface area contributed by atoms with Crippen molar-refractivity contribution in [2.24, 2.45) is 0 Å². The highest BCUT2D eigenvalue weighted by Gasteiger charge is 2.22. The lowest BCUT2D eigenvalue weighted by atomic mass is 9.83. The molecule has 0 bridgehead atoms. The van der Waals surface area contributed by atoms with Crippen LogP contribution >= 0.6 is 0 Å². The minimum Gasteiger partial charge on any atom is -0.507 e. The van der Waals surface area contributed by atoms with Crippen molar-refractivity contribution in [1.29, 1.82) is 0 Å². The van der Waals surface area contributed by atoms with E-state index in [1.807, 2.05) is 30.3 Å². The fraction of sp³-hybridized carbons (Fsp3) is 0.162. The molecule has 0 aliphatic carbocycles. The topological polar surface area (TPSA) is 63.3 Å². The summed E-state index contributed by atoms with van der Waals surface area (Å²) in [6.07, 6.45) is 1.80. The number of fused-ring (bicyclic) bond motifs is 5. The van der Waals surface area contributed by atoms with Gasteiger partial charge >= 0.3 is 0 Å². The summed E-state index contributed by atoms with van der Waals surface area (Å²) >= 11 is 0. The van der Waals surface area contributed by atoms with E-state index in [4.69, 9.17) is 15.0 Å². The number of pyridine rings is 1. The van der Waals surface area contributed by atoms with Crippen LogP contribution in [0.4, 0.5) is 0 Å². The highest BCUT2D eigenvalue weighted by atomic mass is 16.3. The fourth-order valence-electron chi connectivity index (χ4n) is 5.95. The number of hydrogen-bond acceptors (Lipinski definition) is 4. The smallest absolute Gasteiger partial charge is 0.167 e. The average Bonchev–Trinajstić information content (AvgIpc) is 3.37. The number of benzene rings is 4. The van der Waals surface area contributed by atoms with Crippen molar-refractivity contribution in [3.8, 4) is 39.4 Å². The predicted octanol–water partition coefficient (Wildman–Crippen LogP) is 9.05. The largest absolute Gasteiger partial charge is 0.507 e. The monoisotopic (exact) mass is 548 g/mol. The molecule has 0 aliphatic heterocycles. The highest BCUT2D eigenvalue weighted by Crippen LogP contribution is 2.40. The third kappa shape index (κ3) is 4.12. The molecule has 0 spiro atoms. The van der Waals surface area contributed by atoms with Crippen molar-refractivity contribution < 1.29 is 5.11 Å². The molecule has 1 N–H and O–H groups in total. The second-order valence-corrected chi connectivity index (χ2v) is 12.1. The Hall–Kier alpha value is -5.03. The standard InChI is InChI=1S/C37H32N4O/c1-22-11-8-12-23(2)32(22)35-39-29-15-10-18-38-34(29)36-40-33-28(14-9-16-30(33)41(35)36)25-19-24(20-26(21-25)37(3,4)5)27-13-6-7-17-31(27)42/h6-21,42H,1-5H3. The van der Waals surface area contributed by atoms with Crippen molar-refractivity contribution in [1.82, 2.24) is 19.4 Å². The molecule has 0 atom stereocenters. The van der Waals surface area contributed by atoms with Crippen LogP contribution in [0, 0.1) is 13.8 Å². The molecule has 0 unspecified atom stereocenters. The highest BCUT2D eigenvalue weighted by molar-refractivity contribution is 6.01. The molecule has 0 fully saturated rings. The number of phenolic OH excluding ortho intramolecular Hbond substituents is 1. The van der Waals surface area contributed by atoms with Crippen LogP contribution in [0.5, 0.6) is 5.75 Å². The Labute approximate surface area is 245 Å². The Morgan fingerprint density at radius 3 is 2.12 bits per heavy atom. The molecule has 42 heavy (non-hydrogen) atoms. The molecular weight excluding hydrogens is 516 g/mol. The fourth-order valence-corrected chi connectivity index (χ4v) is 5.95. The van der Waals surface area contributed by atoms with E-state index >= 15 is 0 Å². The lowest BCUT2D eigenvalue weighted by Gasteiger charge is -2.22. The summed E-state index contributed by atoms with van der Waals surface area (Å²) in [5.74, 6) is 1.13. The first-order valence-electron chi connectivity index (χ1n) is 14.3. The van der Waals surface area contributed by atoms with Gasteiger partial charge in [-0.05, 0) is 77.4 Å². The number of phenols is 1. The second kappa shape index (κ2) is 9.52. The van der Waals surface area contributed by atoms with Crippen LogP contribution in [0.1, 0.15) is 37.5 Å². The number of nitrogens with zero attached hydrogens (tertiary/aromatic N) is 4. The maximum Gasteiger partial charge on any atom is 0.167 e. The van der Waals surface area contributed by atoms with E-state index in [1.54, 1.807) is 12.3 Å². The van der Waals surface area contributed by atoms with Gasteiger partial charge in [-0.1, -0.05) is 81.4 Å². The van der Waals surface area contributed by atoms with Gasteiger partial charge in [-0.25, -0.2) is 9.97 Å². The van der Waals surface area contributed by atoms with Gasteiger partial charge in [0.1, 0.15) is 17.1 Å². The van der Waals surface area contributed by atoms with Crippen molar-refractivity contribution in [2.75, 3.05) is 0 Å². The number of imidazole rings is 1. The summed E-state index contributed by atoms with van der Waals surface area (Å²) in [5.41, 5.74) is 12.6. The first-order valence-corrected chi connectivity index (χ1v) is 14.3. The molecule has 0 aliphatic rings. The number of hydrogen-bond donors (Lipinski definition) is 1. The Morgan fingerprint density at radius 1 is 0.690 bits per heavy atom.